The summed E-state index contributed by atoms with van der Waals surface area (Å²) in [4.78, 5) is 11.2. The second kappa shape index (κ2) is 5.38. The van der Waals surface area contributed by atoms with Crippen LogP contribution >= 0.6 is 15.9 Å². The molecule has 18 heavy (non-hydrogen) atoms. The quantitative estimate of drug-likeness (QED) is 0.848. The lowest BCUT2D eigenvalue weighted by molar-refractivity contribution is -0.125. The van der Waals surface area contributed by atoms with Gasteiger partial charge in [-0.1, -0.05) is 22.0 Å². The lowest BCUT2D eigenvalue weighted by Crippen LogP contribution is -2.42. The molecule has 0 saturated carbocycles. The van der Waals surface area contributed by atoms with Crippen LogP contribution in [-0.2, 0) is 14.8 Å². The number of nitrogens with two attached hydrogens (primary N) is 1. The number of sulfonamides is 1. The summed E-state index contributed by atoms with van der Waals surface area (Å²) in [5, 5.41) is 0. The number of carbonyl (C=O) groups excluding carboxylic acids is 1. The molecule has 0 heterocycles. The van der Waals surface area contributed by atoms with Crippen molar-refractivity contribution in [3.63, 3.8) is 0 Å². The van der Waals surface area contributed by atoms with Gasteiger partial charge in [-0.05, 0) is 32.0 Å². The Labute approximate surface area is 115 Å². The highest BCUT2D eigenvalue weighted by Crippen LogP contribution is 2.18. The van der Waals surface area contributed by atoms with Crippen LogP contribution in [0.25, 0.3) is 0 Å². The van der Waals surface area contributed by atoms with Gasteiger partial charge < -0.3 is 5.73 Å². The highest BCUT2D eigenvalue weighted by molar-refractivity contribution is 9.10. The molecule has 0 aliphatic rings. The van der Waals surface area contributed by atoms with Gasteiger partial charge in [-0.15, -0.1) is 0 Å². The first-order valence-corrected chi connectivity index (χ1v) is 7.48. The predicted octanol–water partition coefficient (Wildman–Crippen LogP) is 1.24. The van der Waals surface area contributed by atoms with Gasteiger partial charge in [0, 0.05) is 11.0 Å². The summed E-state index contributed by atoms with van der Waals surface area (Å²) in [5.74, 6) is -0.556. The highest BCUT2D eigenvalue weighted by atomic mass is 79.9. The number of primary amides is 1. The largest absolute Gasteiger partial charge is 0.369 e. The van der Waals surface area contributed by atoms with E-state index in [0.29, 0.717) is 4.47 Å². The van der Waals surface area contributed by atoms with Crippen molar-refractivity contribution < 1.29 is 13.2 Å². The number of nitrogens with one attached hydrogen (secondary N) is 1. The molecule has 0 unspecified atom stereocenters. The standard InChI is InChI=1S/C11H15BrN2O3S/c1-11(2,10(13)15)7-14-18(16,17)9-5-3-4-8(12)6-9/h3-6,14H,7H2,1-2H3,(H2,13,15). The van der Waals surface area contributed by atoms with Crippen molar-refractivity contribution in [2.45, 2.75) is 18.7 Å². The van der Waals surface area contributed by atoms with E-state index in [-0.39, 0.29) is 11.4 Å². The zero-order valence-electron chi connectivity index (χ0n) is 10.1. The van der Waals surface area contributed by atoms with E-state index in [0.717, 1.165) is 0 Å². The lowest BCUT2D eigenvalue weighted by atomic mass is 9.93. The Balaban J connectivity index is 2.87. The molecule has 100 valence electrons. The fourth-order valence-corrected chi connectivity index (χ4v) is 2.89. The average Bonchev–Trinajstić information content (AvgIpc) is 2.26. The van der Waals surface area contributed by atoms with Crippen molar-refractivity contribution in [1.29, 1.82) is 0 Å². The maximum absolute atomic E-state index is 12.0. The van der Waals surface area contributed by atoms with Crippen molar-refractivity contribution in [2.24, 2.45) is 11.1 Å². The minimum absolute atomic E-state index is 0.0445. The molecule has 5 nitrogen and oxygen atoms in total. The number of rotatable bonds is 5. The third kappa shape index (κ3) is 3.79. The van der Waals surface area contributed by atoms with E-state index in [1.54, 1.807) is 26.0 Å². The third-order valence-electron chi connectivity index (χ3n) is 2.48. The number of benzene rings is 1. The Hall–Kier alpha value is -0.920. The minimum Gasteiger partial charge on any atom is -0.369 e. The summed E-state index contributed by atoms with van der Waals surface area (Å²) in [6, 6.07) is 6.31. The Morgan fingerprint density at radius 3 is 2.56 bits per heavy atom. The molecule has 3 N–H and O–H groups in total. The molecule has 0 aromatic heterocycles. The van der Waals surface area contributed by atoms with Gasteiger partial charge in [0.2, 0.25) is 15.9 Å². The van der Waals surface area contributed by atoms with E-state index in [2.05, 4.69) is 20.7 Å². The molecule has 0 atom stereocenters. The monoisotopic (exact) mass is 334 g/mol. The van der Waals surface area contributed by atoms with Crippen molar-refractivity contribution in [1.82, 2.24) is 4.72 Å². The van der Waals surface area contributed by atoms with Gasteiger partial charge in [-0.2, -0.15) is 0 Å². The number of amides is 1. The number of hydrogen-bond donors (Lipinski definition) is 2. The van der Waals surface area contributed by atoms with E-state index in [9.17, 15) is 13.2 Å². The second-order valence-electron chi connectivity index (χ2n) is 4.53. The molecule has 0 spiro atoms. The second-order valence-corrected chi connectivity index (χ2v) is 7.21. The van der Waals surface area contributed by atoms with Crippen LogP contribution in [0.3, 0.4) is 0 Å². The van der Waals surface area contributed by atoms with Gasteiger partial charge in [0.1, 0.15) is 0 Å². The number of hydrogen-bond acceptors (Lipinski definition) is 3. The maximum Gasteiger partial charge on any atom is 0.240 e. The molecule has 1 aromatic rings. The van der Waals surface area contributed by atoms with Gasteiger partial charge >= 0.3 is 0 Å². The Bertz CT molecular complexity index is 555. The average molecular weight is 335 g/mol. The van der Waals surface area contributed by atoms with Crippen LogP contribution < -0.4 is 10.5 Å². The van der Waals surface area contributed by atoms with Crippen molar-refractivity contribution in [3.05, 3.63) is 28.7 Å². The fraction of sp³-hybridized carbons (Fsp3) is 0.364. The van der Waals surface area contributed by atoms with Crippen LogP contribution in [0.1, 0.15) is 13.8 Å². The Kier molecular flexibility index (Phi) is 4.52. The van der Waals surface area contributed by atoms with E-state index in [1.807, 2.05) is 0 Å². The maximum atomic E-state index is 12.0. The van der Waals surface area contributed by atoms with Gasteiger partial charge in [0.05, 0.1) is 10.3 Å². The van der Waals surface area contributed by atoms with Crippen LogP contribution in [-0.4, -0.2) is 20.9 Å². The Morgan fingerprint density at radius 1 is 1.44 bits per heavy atom. The molecule has 1 rings (SSSR count). The zero-order valence-corrected chi connectivity index (χ0v) is 12.5. The summed E-state index contributed by atoms with van der Waals surface area (Å²) in [7, 11) is -3.64. The SMILES string of the molecule is CC(C)(CNS(=O)(=O)c1cccc(Br)c1)C(N)=O. The van der Waals surface area contributed by atoms with E-state index in [1.165, 1.54) is 12.1 Å². The summed E-state index contributed by atoms with van der Waals surface area (Å²) in [6.07, 6.45) is 0. The van der Waals surface area contributed by atoms with Crippen molar-refractivity contribution >= 4 is 31.9 Å². The molecule has 1 amide bonds. The summed E-state index contributed by atoms with van der Waals surface area (Å²) in [6.45, 7) is 3.12. The van der Waals surface area contributed by atoms with Crippen LogP contribution in [0.15, 0.2) is 33.6 Å². The molecule has 1 aromatic carbocycles. The molecular weight excluding hydrogens is 320 g/mol. The third-order valence-corrected chi connectivity index (χ3v) is 4.37. The van der Waals surface area contributed by atoms with Crippen molar-refractivity contribution in [2.75, 3.05) is 6.54 Å². The first-order chi connectivity index (χ1) is 8.15. The van der Waals surface area contributed by atoms with Crippen LogP contribution in [0, 0.1) is 5.41 Å². The first-order valence-electron chi connectivity index (χ1n) is 5.20. The first kappa shape index (κ1) is 15.1. The molecule has 0 bridgehead atoms. The van der Waals surface area contributed by atoms with E-state index >= 15 is 0 Å². The molecule has 0 saturated heterocycles. The van der Waals surface area contributed by atoms with Crippen LogP contribution in [0.2, 0.25) is 0 Å². The molecule has 0 aliphatic carbocycles. The van der Waals surface area contributed by atoms with Gasteiger partial charge in [-0.25, -0.2) is 13.1 Å². The lowest BCUT2D eigenvalue weighted by Gasteiger charge is -2.20. The Morgan fingerprint density at radius 2 is 2.06 bits per heavy atom. The van der Waals surface area contributed by atoms with E-state index in [4.69, 9.17) is 5.73 Å². The molecular formula is C11H15BrN2O3S. The topological polar surface area (TPSA) is 89.3 Å². The highest BCUT2D eigenvalue weighted by Gasteiger charge is 2.27. The summed E-state index contributed by atoms with van der Waals surface area (Å²) >= 11 is 3.20. The molecule has 7 heteroatoms. The van der Waals surface area contributed by atoms with Gasteiger partial charge in [0.15, 0.2) is 0 Å². The zero-order chi connectivity index (χ0) is 14.0. The van der Waals surface area contributed by atoms with E-state index < -0.39 is 21.3 Å². The fourth-order valence-electron chi connectivity index (χ4n) is 1.08. The molecule has 0 radical (unpaired) electrons. The molecule has 0 fully saturated rings. The van der Waals surface area contributed by atoms with Gasteiger partial charge in [-0.3, -0.25) is 4.79 Å². The molecule has 0 aliphatic heterocycles. The summed E-state index contributed by atoms with van der Waals surface area (Å²) in [5.41, 5.74) is 4.25. The smallest absolute Gasteiger partial charge is 0.240 e. The van der Waals surface area contributed by atoms with Crippen LogP contribution in [0.4, 0.5) is 0 Å². The number of carbonyl (C=O) groups is 1. The van der Waals surface area contributed by atoms with Crippen molar-refractivity contribution in [3.8, 4) is 0 Å². The normalized spacial score (nSPS) is 12.4. The number of halogens is 1. The van der Waals surface area contributed by atoms with Crippen LogP contribution in [0.5, 0.6) is 0 Å². The summed E-state index contributed by atoms with van der Waals surface area (Å²) < 4.78 is 27.0. The van der Waals surface area contributed by atoms with Gasteiger partial charge in [0.25, 0.3) is 0 Å². The minimum atomic E-state index is -3.64. The predicted molar refractivity (Wildman–Crippen MR) is 72.3 cm³/mol.